The van der Waals surface area contributed by atoms with E-state index in [2.05, 4.69) is 5.32 Å². The molecular weight excluding hydrogens is 221 g/mol. The number of halogens is 2. The fourth-order valence-electron chi connectivity index (χ4n) is 1.17. The Labute approximate surface area is 93.8 Å². The van der Waals surface area contributed by atoms with Crippen LogP contribution in [0, 0.1) is 0 Å². The van der Waals surface area contributed by atoms with E-state index >= 15 is 0 Å². The fourth-order valence-corrected chi connectivity index (χ4v) is 1.71. The lowest BCUT2D eigenvalue weighted by atomic mass is 10.1. The van der Waals surface area contributed by atoms with Crippen LogP contribution in [0.5, 0.6) is 0 Å². The third kappa shape index (κ3) is 3.46. The Morgan fingerprint density at radius 2 is 1.86 bits per heavy atom. The third-order valence-electron chi connectivity index (χ3n) is 1.86. The molecule has 0 saturated heterocycles. The molecule has 14 heavy (non-hydrogen) atoms. The number of benzene rings is 1. The van der Waals surface area contributed by atoms with Gasteiger partial charge in [-0.25, -0.2) is 0 Å². The lowest BCUT2D eigenvalue weighted by Crippen LogP contribution is -2.20. The molecule has 0 saturated carbocycles. The van der Waals surface area contributed by atoms with Crippen molar-refractivity contribution < 1.29 is 5.11 Å². The van der Waals surface area contributed by atoms with Gasteiger partial charge in [-0.3, -0.25) is 0 Å². The first-order valence-corrected chi connectivity index (χ1v) is 5.24. The van der Waals surface area contributed by atoms with Crippen LogP contribution in [0.4, 0.5) is 0 Å². The van der Waals surface area contributed by atoms with Crippen molar-refractivity contribution in [3.63, 3.8) is 0 Å². The average Bonchev–Trinajstić information content (AvgIpc) is 2.12. The fraction of sp³-hybridized carbons (Fsp3) is 0.400. The van der Waals surface area contributed by atoms with Gasteiger partial charge in [0.05, 0.1) is 6.10 Å². The zero-order chi connectivity index (χ0) is 10.6. The summed E-state index contributed by atoms with van der Waals surface area (Å²) < 4.78 is 0. The van der Waals surface area contributed by atoms with Crippen molar-refractivity contribution in [2.75, 3.05) is 13.1 Å². The van der Waals surface area contributed by atoms with Crippen LogP contribution in [0.3, 0.4) is 0 Å². The van der Waals surface area contributed by atoms with Gasteiger partial charge in [-0.1, -0.05) is 30.1 Å². The van der Waals surface area contributed by atoms with Gasteiger partial charge in [0.2, 0.25) is 0 Å². The second-order valence-corrected chi connectivity index (χ2v) is 3.90. The Bertz CT molecular complexity index is 284. The maximum absolute atomic E-state index is 9.72. The third-order valence-corrected chi connectivity index (χ3v) is 2.29. The van der Waals surface area contributed by atoms with Crippen molar-refractivity contribution in [1.82, 2.24) is 5.32 Å². The molecule has 0 bridgehead atoms. The molecule has 78 valence electrons. The van der Waals surface area contributed by atoms with Gasteiger partial charge in [0.1, 0.15) is 0 Å². The summed E-state index contributed by atoms with van der Waals surface area (Å²) in [4.78, 5) is 0. The Morgan fingerprint density at radius 1 is 1.29 bits per heavy atom. The maximum Gasteiger partial charge on any atom is 0.0915 e. The Morgan fingerprint density at radius 3 is 2.36 bits per heavy atom. The molecule has 4 heteroatoms. The van der Waals surface area contributed by atoms with Crippen LogP contribution in [0.25, 0.3) is 0 Å². The molecule has 1 rings (SSSR count). The molecule has 0 radical (unpaired) electrons. The van der Waals surface area contributed by atoms with Crippen LogP contribution in [0.15, 0.2) is 18.2 Å². The smallest absolute Gasteiger partial charge is 0.0915 e. The molecule has 2 N–H and O–H groups in total. The van der Waals surface area contributed by atoms with E-state index in [0.717, 1.165) is 12.1 Å². The molecule has 0 amide bonds. The number of rotatable bonds is 4. The van der Waals surface area contributed by atoms with E-state index in [1.807, 2.05) is 6.92 Å². The normalized spacial score (nSPS) is 12.9. The highest BCUT2D eigenvalue weighted by Crippen LogP contribution is 2.23. The summed E-state index contributed by atoms with van der Waals surface area (Å²) in [6.45, 7) is 3.32. The molecule has 2 nitrogen and oxygen atoms in total. The monoisotopic (exact) mass is 233 g/mol. The second-order valence-electron chi connectivity index (χ2n) is 3.03. The van der Waals surface area contributed by atoms with E-state index in [4.69, 9.17) is 23.2 Å². The van der Waals surface area contributed by atoms with E-state index in [1.54, 1.807) is 18.2 Å². The topological polar surface area (TPSA) is 32.3 Å². The highest BCUT2D eigenvalue weighted by Gasteiger charge is 2.08. The highest BCUT2D eigenvalue weighted by atomic mass is 35.5. The number of nitrogens with one attached hydrogen (secondary N) is 1. The van der Waals surface area contributed by atoms with E-state index in [1.165, 1.54) is 0 Å². The van der Waals surface area contributed by atoms with Gasteiger partial charge in [-0.2, -0.15) is 0 Å². The first-order chi connectivity index (χ1) is 6.63. The molecule has 0 heterocycles. The SMILES string of the molecule is CCNCC(O)c1cc(Cl)cc(Cl)c1. The minimum absolute atomic E-state index is 0.507. The second kappa shape index (κ2) is 5.56. The summed E-state index contributed by atoms with van der Waals surface area (Å²) in [7, 11) is 0. The largest absolute Gasteiger partial charge is 0.387 e. The van der Waals surface area contributed by atoms with Crippen molar-refractivity contribution in [2.24, 2.45) is 0 Å². The van der Waals surface area contributed by atoms with Crippen molar-refractivity contribution in [3.8, 4) is 0 Å². The zero-order valence-electron chi connectivity index (χ0n) is 7.93. The number of hydrogen-bond donors (Lipinski definition) is 2. The molecule has 1 atom stereocenters. The van der Waals surface area contributed by atoms with Gasteiger partial charge in [-0.05, 0) is 30.3 Å². The number of aliphatic hydroxyl groups excluding tert-OH is 1. The van der Waals surface area contributed by atoms with Crippen LogP contribution in [-0.4, -0.2) is 18.2 Å². The van der Waals surface area contributed by atoms with Gasteiger partial charge in [0, 0.05) is 16.6 Å². The molecular formula is C10H13Cl2NO. The van der Waals surface area contributed by atoms with Crippen molar-refractivity contribution in [3.05, 3.63) is 33.8 Å². The van der Waals surface area contributed by atoms with Gasteiger partial charge in [0.25, 0.3) is 0 Å². The Balaban J connectivity index is 2.73. The van der Waals surface area contributed by atoms with Crippen molar-refractivity contribution >= 4 is 23.2 Å². The molecule has 1 aromatic rings. The zero-order valence-corrected chi connectivity index (χ0v) is 9.44. The molecule has 0 aliphatic carbocycles. The van der Waals surface area contributed by atoms with E-state index < -0.39 is 6.10 Å². The molecule has 0 aromatic heterocycles. The predicted molar refractivity (Wildman–Crippen MR) is 60.0 cm³/mol. The molecule has 0 spiro atoms. The van der Waals surface area contributed by atoms with E-state index in [-0.39, 0.29) is 0 Å². The predicted octanol–water partition coefficient (Wildman–Crippen LogP) is 2.64. The minimum atomic E-state index is -0.564. The van der Waals surface area contributed by atoms with Crippen molar-refractivity contribution in [1.29, 1.82) is 0 Å². The molecule has 1 unspecified atom stereocenters. The van der Waals surface area contributed by atoms with Gasteiger partial charge >= 0.3 is 0 Å². The average molecular weight is 234 g/mol. The summed E-state index contributed by atoms with van der Waals surface area (Å²) in [5, 5.41) is 13.9. The minimum Gasteiger partial charge on any atom is -0.387 e. The molecule has 0 aliphatic heterocycles. The van der Waals surface area contributed by atoms with Gasteiger partial charge in [-0.15, -0.1) is 0 Å². The summed E-state index contributed by atoms with van der Waals surface area (Å²) in [6.07, 6.45) is -0.564. The lowest BCUT2D eigenvalue weighted by molar-refractivity contribution is 0.175. The standard InChI is InChI=1S/C10H13Cl2NO/c1-2-13-6-10(14)7-3-8(11)5-9(12)4-7/h3-5,10,13-14H,2,6H2,1H3. The first kappa shape index (κ1) is 11.8. The number of hydrogen-bond acceptors (Lipinski definition) is 2. The van der Waals surface area contributed by atoms with Crippen LogP contribution in [0.1, 0.15) is 18.6 Å². The van der Waals surface area contributed by atoms with E-state index in [9.17, 15) is 5.11 Å². The summed E-state index contributed by atoms with van der Waals surface area (Å²) in [5.41, 5.74) is 0.739. The van der Waals surface area contributed by atoms with E-state index in [0.29, 0.717) is 16.6 Å². The quantitative estimate of drug-likeness (QED) is 0.839. The summed E-state index contributed by atoms with van der Waals surface area (Å²) in [6, 6.07) is 5.08. The van der Waals surface area contributed by atoms with Crippen LogP contribution in [0.2, 0.25) is 10.0 Å². The Hall–Kier alpha value is -0.280. The van der Waals surface area contributed by atoms with Crippen molar-refractivity contribution in [2.45, 2.75) is 13.0 Å². The van der Waals surface area contributed by atoms with Gasteiger partial charge < -0.3 is 10.4 Å². The molecule has 0 aliphatic rings. The Kier molecular flexibility index (Phi) is 4.69. The first-order valence-electron chi connectivity index (χ1n) is 4.48. The van der Waals surface area contributed by atoms with Crippen LogP contribution in [-0.2, 0) is 0 Å². The maximum atomic E-state index is 9.72. The highest BCUT2D eigenvalue weighted by molar-refractivity contribution is 6.34. The lowest BCUT2D eigenvalue weighted by Gasteiger charge is -2.11. The van der Waals surface area contributed by atoms with Crippen LogP contribution >= 0.6 is 23.2 Å². The number of likely N-dealkylation sites (N-methyl/N-ethyl adjacent to an activating group) is 1. The summed E-state index contributed by atoms with van der Waals surface area (Å²) in [5.74, 6) is 0. The molecule has 0 fully saturated rings. The summed E-state index contributed by atoms with van der Waals surface area (Å²) >= 11 is 11.6. The van der Waals surface area contributed by atoms with Gasteiger partial charge in [0.15, 0.2) is 0 Å². The van der Waals surface area contributed by atoms with Crippen LogP contribution < -0.4 is 5.32 Å². The molecule has 1 aromatic carbocycles. The number of aliphatic hydroxyl groups is 1.